The summed E-state index contributed by atoms with van der Waals surface area (Å²) >= 11 is 12.6. The van der Waals surface area contributed by atoms with E-state index in [2.05, 4.69) is 27.6 Å². The fraction of sp³-hybridized carbons (Fsp3) is 0.412. The van der Waals surface area contributed by atoms with Crippen LogP contribution in [0.5, 0.6) is 0 Å². The lowest BCUT2D eigenvalue weighted by Gasteiger charge is -2.18. The molecule has 0 saturated heterocycles. The summed E-state index contributed by atoms with van der Waals surface area (Å²) in [4.78, 5) is 4.59. The number of rotatable bonds is 6. The third-order valence-corrected chi connectivity index (χ3v) is 4.39. The fourth-order valence-electron chi connectivity index (χ4n) is 2.39. The monoisotopic (exact) mass is 367 g/mol. The van der Waals surface area contributed by atoms with Crippen molar-refractivity contribution in [3.8, 4) is 0 Å². The molecule has 7 heteroatoms. The van der Waals surface area contributed by atoms with Gasteiger partial charge in [-0.1, -0.05) is 36.2 Å². The van der Waals surface area contributed by atoms with E-state index in [1.165, 1.54) is 0 Å². The van der Waals surface area contributed by atoms with Gasteiger partial charge >= 0.3 is 0 Å². The minimum absolute atomic E-state index is 0.159. The van der Waals surface area contributed by atoms with E-state index in [0.29, 0.717) is 23.1 Å². The molecule has 0 fully saturated rings. The molecule has 5 nitrogen and oxygen atoms in total. The number of hydrogen-bond donors (Lipinski definition) is 2. The van der Waals surface area contributed by atoms with E-state index < -0.39 is 0 Å². The van der Waals surface area contributed by atoms with Crippen molar-refractivity contribution in [3.63, 3.8) is 0 Å². The van der Waals surface area contributed by atoms with E-state index in [1.807, 2.05) is 42.9 Å². The molecule has 2 N–H and O–H groups in total. The van der Waals surface area contributed by atoms with Gasteiger partial charge in [0.15, 0.2) is 5.96 Å². The van der Waals surface area contributed by atoms with Gasteiger partial charge in [-0.05, 0) is 30.7 Å². The molecule has 2 aromatic rings. The third kappa shape index (κ3) is 4.89. The van der Waals surface area contributed by atoms with Crippen LogP contribution in [0.4, 0.5) is 0 Å². The summed E-state index contributed by atoms with van der Waals surface area (Å²) in [5, 5.41) is 12.1. The summed E-state index contributed by atoms with van der Waals surface area (Å²) in [6.45, 7) is 6.16. The SMILES string of the molecule is CCNC(=NCc1ccnn1C)NCC(C)c1c(Cl)cccc1Cl. The number of nitrogens with one attached hydrogen (secondary N) is 2. The predicted molar refractivity (Wildman–Crippen MR) is 101 cm³/mol. The number of aromatic nitrogens is 2. The highest BCUT2D eigenvalue weighted by molar-refractivity contribution is 6.36. The zero-order valence-corrected chi connectivity index (χ0v) is 15.7. The second kappa shape index (κ2) is 8.94. The quantitative estimate of drug-likeness (QED) is 0.605. The molecule has 1 atom stereocenters. The van der Waals surface area contributed by atoms with E-state index in [4.69, 9.17) is 23.2 Å². The molecular weight excluding hydrogens is 345 g/mol. The molecule has 0 aliphatic carbocycles. The maximum Gasteiger partial charge on any atom is 0.191 e. The summed E-state index contributed by atoms with van der Waals surface area (Å²) in [5.41, 5.74) is 2.00. The molecule has 1 heterocycles. The summed E-state index contributed by atoms with van der Waals surface area (Å²) in [5.74, 6) is 0.917. The minimum atomic E-state index is 0.159. The van der Waals surface area contributed by atoms with Crippen LogP contribution in [0.15, 0.2) is 35.5 Å². The Morgan fingerprint density at radius 1 is 1.25 bits per heavy atom. The van der Waals surface area contributed by atoms with Gasteiger partial charge in [-0.3, -0.25) is 4.68 Å². The molecule has 0 spiro atoms. The van der Waals surface area contributed by atoms with Crippen LogP contribution in [0.1, 0.15) is 31.0 Å². The average molecular weight is 368 g/mol. The number of aliphatic imine (C=N–C) groups is 1. The normalized spacial score (nSPS) is 13.0. The van der Waals surface area contributed by atoms with E-state index in [-0.39, 0.29) is 5.92 Å². The van der Waals surface area contributed by atoms with Crippen LogP contribution in [0, 0.1) is 0 Å². The van der Waals surface area contributed by atoms with Gasteiger partial charge in [0.25, 0.3) is 0 Å². The smallest absolute Gasteiger partial charge is 0.191 e. The van der Waals surface area contributed by atoms with Crippen LogP contribution in [-0.4, -0.2) is 28.8 Å². The molecule has 0 aliphatic heterocycles. The van der Waals surface area contributed by atoms with Gasteiger partial charge in [0.05, 0.1) is 12.2 Å². The van der Waals surface area contributed by atoms with Gasteiger partial charge in [-0.15, -0.1) is 0 Å². The lowest BCUT2D eigenvalue weighted by Crippen LogP contribution is -2.39. The molecule has 24 heavy (non-hydrogen) atoms. The summed E-state index contributed by atoms with van der Waals surface area (Å²) in [6.07, 6.45) is 1.77. The Hall–Kier alpha value is -1.72. The van der Waals surface area contributed by atoms with Crippen LogP contribution in [0.2, 0.25) is 10.0 Å². The van der Waals surface area contributed by atoms with Gasteiger partial charge in [0.2, 0.25) is 0 Å². The first-order chi connectivity index (χ1) is 11.5. The van der Waals surface area contributed by atoms with Gasteiger partial charge in [0, 0.05) is 42.3 Å². The van der Waals surface area contributed by atoms with Crippen molar-refractivity contribution in [2.24, 2.45) is 12.0 Å². The van der Waals surface area contributed by atoms with Crippen molar-refractivity contribution >= 4 is 29.2 Å². The molecule has 1 aromatic heterocycles. The number of hydrogen-bond acceptors (Lipinski definition) is 2. The maximum absolute atomic E-state index is 6.28. The van der Waals surface area contributed by atoms with Crippen molar-refractivity contribution in [3.05, 3.63) is 51.8 Å². The Labute approximate surface area is 153 Å². The Morgan fingerprint density at radius 2 is 1.96 bits per heavy atom. The minimum Gasteiger partial charge on any atom is -0.357 e. The fourth-order valence-corrected chi connectivity index (χ4v) is 3.16. The van der Waals surface area contributed by atoms with Gasteiger partial charge < -0.3 is 10.6 Å². The Bertz CT molecular complexity index is 676. The van der Waals surface area contributed by atoms with Crippen LogP contribution >= 0.6 is 23.2 Å². The van der Waals surface area contributed by atoms with E-state index in [0.717, 1.165) is 23.8 Å². The molecule has 0 aliphatic rings. The van der Waals surface area contributed by atoms with E-state index in [1.54, 1.807) is 6.20 Å². The number of halogens is 2. The Morgan fingerprint density at radius 3 is 2.54 bits per heavy atom. The highest BCUT2D eigenvalue weighted by atomic mass is 35.5. The number of guanidine groups is 1. The average Bonchev–Trinajstić information content (AvgIpc) is 2.95. The highest BCUT2D eigenvalue weighted by Crippen LogP contribution is 2.30. The molecule has 130 valence electrons. The van der Waals surface area contributed by atoms with Crippen molar-refractivity contribution in [1.82, 2.24) is 20.4 Å². The van der Waals surface area contributed by atoms with E-state index in [9.17, 15) is 0 Å². The summed E-state index contributed by atoms with van der Waals surface area (Å²) < 4.78 is 1.82. The lowest BCUT2D eigenvalue weighted by molar-refractivity contribution is 0.688. The largest absolute Gasteiger partial charge is 0.357 e. The molecule has 0 saturated carbocycles. The van der Waals surface area contributed by atoms with E-state index >= 15 is 0 Å². The zero-order chi connectivity index (χ0) is 17.5. The molecule has 2 rings (SSSR count). The number of nitrogens with zero attached hydrogens (tertiary/aromatic N) is 3. The standard InChI is InChI=1S/C17H23Cl2N5/c1-4-20-17(22-11-13-8-9-23-24(13)3)21-10-12(2)16-14(18)6-5-7-15(16)19/h5-9,12H,4,10-11H2,1-3H3,(H2,20,21,22). The van der Waals surface area contributed by atoms with Gasteiger partial charge in [-0.25, -0.2) is 4.99 Å². The van der Waals surface area contributed by atoms with Crippen molar-refractivity contribution in [2.45, 2.75) is 26.3 Å². The molecule has 0 bridgehead atoms. The molecule has 0 radical (unpaired) electrons. The highest BCUT2D eigenvalue weighted by Gasteiger charge is 2.14. The first-order valence-corrected chi connectivity index (χ1v) is 8.71. The first-order valence-electron chi connectivity index (χ1n) is 7.95. The summed E-state index contributed by atoms with van der Waals surface area (Å²) in [7, 11) is 1.91. The topological polar surface area (TPSA) is 54.2 Å². The zero-order valence-electron chi connectivity index (χ0n) is 14.2. The van der Waals surface area contributed by atoms with Crippen LogP contribution in [-0.2, 0) is 13.6 Å². The number of benzene rings is 1. The predicted octanol–water partition coefficient (Wildman–Crippen LogP) is 3.59. The van der Waals surface area contributed by atoms with Crippen molar-refractivity contribution < 1.29 is 0 Å². The van der Waals surface area contributed by atoms with Crippen LogP contribution < -0.4 is 10.6 Å². The molecular formula is C17H23Cl2N5. The van der Waals surface area contributed by atoms with Crippen molar-refractivity contribution in [2.75, 3.05) is 13.1 Å². The number of aryl methyl sites for hydroxylation is 1. The molecule has 1 unspecified atom stereocenters. The molecule has 0 amide bonds. The Balaban J connectivity index is 2.01. The Kier molecular flexibility index (Phi) is 6.94. The van der Waals surface area contributed by atoms with Crippen molar-refractivity contribution in [1.29, 1.82) is 0 Å². The molecule has 1 aromatic carbocycles. The second-order valence-electron chi connectivity index (χ2n) is 5.56. The van der Waals surface area contributed by atoms with Gasteiger partial charge in [0.1, 0.15) is 0 Å². The first kappa shape index (κ1) is 18.6. The lowest BCUT2D eigenvalue weighted by atomic mass is 10.0. The van der Waals surface area contributed by atoms with Gasteiger partial charge in [-0.2, -0.15) is 5.10 Å². The summed E-state index contributed by atoms with van der Waals surface area (Å²) in [6, 6.07) is 7.54. The maximum atomic E-state index is 6.28. The second-order valence-corrected chi connectivity index (χ2v) is 6.37. The van der Waals surface area contributed by atoms with Crippen LogP contribution in [0.25, 0.3) is 0 Å². The van der Waals surface area contributed by atoms with Crippen LogP contribution in [0.3, 0.4) is 0 Å². The third-order valence-electron chi connectivity index (χ3n) is 3.73.